The molecule has 1 aliphatic heterocycles. The van der Waals surface area contributed by atoms with Crippen LogP contribution < -0.4 is 10.1 Å². The Morgan fingerprint density at radius 3 is 2.72 bits per heavy atom. The van der Waals surface area contributed by atoms with Crippen molar-refractivity contribution in [3.63, 3.8) is 0 Å². The Morgan fingerprint density at radius 1 is 1.20 bits per heavy atom. The van der Waals surface area contributed by atoms with E-state index in [4.69, 9.17) is 4.42 Å². The second-order valence-corrected chi connectivity index (χ2v) is 8.59. The first-order chi connectivity index (χ1) is 11.7. The fourth-order valence-electron chi connectivity index (χ4n) is 3.25. The van der Waals surface area contributed by atoms with Gasteiger partial charge >= 0.3 is 5.76 Å². The number of nitrogens with one attached hydrogen (secondary N) is 1. The normalized spacial score (nSPS) is 16.4. The van der Waals surface area contributed by atoms with Gasteiger partial charge in [0.05, 0.1) is 16.1 Å². The number of rotatable bonds is 2. The summed E-state index contributed by atoms with van der Waals surface area (Å²) in [4.78, 5) is 13.7. The van der Waals surface area contributed by atoms with Crippen molar-refractivity contribution in [2.24, 2.45) is 0 Å². The van der Waals surface area contributed by atoms with E-state index in [1.54, 1.807) is 6.07 Å². The molecule has 1 aromatic heterocycles. The lowest BCUT2D eigenvalue weighted by molar-refractivity contribution is 0.553. The van der Waals surface area contributed by atoms with Gasteiger partial charge in [0.1, 0.15) is 5.82 Å². The quantitative estimate of drug-likeness (QED) is 0.760. The van der Waals surface area contributed by atoms with Crippen LogP contribution in [0.1, 0.15) is 19.4 Å². The minimum atomic E-state index is -3.92. The van der Waals surface area contributed by atoms with Gasteiger partial charge in [0, 0.05) is 12.0 Å². The fourth-order valence-corrected chi connectivity index (χ4v) is 4.91. The average molecular weight is 362 g/mol. The maximum absolute atomic E-state index is 13.7. The number of anilines is 1. The highest BCUT2D eigenvalue weighted by Crippen LogP contribution is 2.43. The molecule has 1 N–H and O–H groups in total. The SMILES string of the molecule is CC1(C)CN(S(=O)(=O)c2ccc3oc(=O)[nH]c3c2)c2cc(F)ccc21. The molecule has 0 amide bonds. The van der Waals surface area contributed by atoms with E-state index in [0.717, 1.165) is 5.56 Å². The molecule has 0 spiro atoms. The van der Waals surface area contributed by atoms with Crippen LogP contribution in [-0.4, -0.2) is 19.9 Å². The molecule has 0 aliphatic carbocycles. The zero-order chi connectivity index (χ0) is 18.0. The summed E-state index contributed by atoms with van der Waals surface area (Å²) in [6.07, 6.45) is 0. The standard InChI is InChI=1S/C17H15FN2O4S/c1-17(2)9-20(14-7-10(18)3-5-12(14)17)25(22,23)11-4-6-15-13(8-11)19-16(21)24-15/h3-8H,9H2,1-2H3,(H,19,21). The predicted molar refractivity (Wildman–Crippen MR) is 90.8 cm³/mol. The van der Waals surface area contributed by atoms with E-state index in [0.29, 0.717) is 11.2 Å². The number of halogens is 1. The van der Waals surface area contributed by atoms with Gasteiger partial charge in [-0.3, -0.25) is 9.29 Å². The lowest BCUT2D eigenvalue weighted by Crippen LogP contribution is -2.34. The first-order valence-corrected chi connectivity index (χ1v) is 9.08. The summed E-state index contributed by atoms with van der Waals surface area (Å²) in [7, 11) is -3.92. The fraction of sp³-hybridized carbons (Fsp3) is 0.235. The van der Waals surface area contributed by atoms with Crippen LogP contribution in [-0.2, 0) is 15.4 Å². The van der Waals surface area contributed by atoms with Crippen LogP contribution in [0, 0.1) is 5.82 Å². The van der Waals surface area contributed by atoms with E-state index in [9.17, 15) is 17.6 Å². The number of hydrogen-bond donors (Lipinski definition) is 1. The number of fused-ring (bicyclic) bond motifs is 2. The molecule has 0 unspecified atom stereocenters. The number of hydrogen-bond acceptors (Lipinski definition) is 4. The van der Waals surface area contributed by atoms with Crippen molar-refractivity contribution in [1.82, 2.24) is 4.98 Å². The molecule has 0 radical (unpaired) electrons. The molecule has 1 aliphatic rings. The van der Waals surface area contributed by atoms with Crippen molar-refractivity contribution >= 4 is 26.8 Å². The van der Waals surface area contributed by atoms with Gasteiger partial charge in [0.2, 0.25) is 0 Å². The number of benzene rings is 2. The van der Waals surface area contributed by atoms with Crippen LogP contribution in [0.5, 0.6) is 0 Å². The van der Waals surface area contributed by atoms with Crippen molar-refractivity contribution in [3.8, 4) is 0 Å². The van der Waals surface area contributed by atoms with E-state index in [1.807, 2.05) is 13.8 Å². The minimum absolute atomic E-state index is 0.00459. The molecule has 0 atom stereocenters. The van der Waals surface area contributed by atoms with Gasteiger partial charge in [-0.15, -0.1) is 0 Å². The topological polar surface area (TPSA) is 83.4 Å². The van der Waals surface area contributed by atoms with Gasteiger partial charge in [0.25, 0.3) is 10.0 Å². The number of aromatic amines is 1. The molecule has 0 bridgehead atoms. The molecule has 0 saturated carbocycles. The molecule has 2 aromatic carbocycles. The highest BCUT2D eigenvalue weighted by atomic mass is 32.2. The molecule has 0 fully saturated rings. The third-order valence-electron chi connectivity index (χ3n) is 4.47. The maximum Gasteiger partial charge on any atom is 0.417 e. The van der Waals surface area contributed by atoms with E-state index in [2.05, 4.69) is 4.98 Å². The smallest absolute Gasteiger partial charge is 0.408 e. The molecule has 8 heteroatoms. The summed E-state index contributed by atoms with van der Waals surface area (Å²) in [6, 6.07) is 8.34. The van der Waals surface area contributed by atoms with E-state index < -0.39 is 27.0 Å². The molecular formula is C17H15FN2O4S. The molecule has 130 valence electrons. The second-order valence-electron chi connectivity index (χ2n) is 6.73. The third kappa shape index (κ3) is 2.36. The van der Waals surface area contributed by atoms with Crippen LogP contribution in [0.4, 0.5) is 10.1 Å². The largest absolute Gasteiger partial charge is 0.417 e. The third-order valence-corrected chi connectivity index (χ3v) is 6.23. The molecule has 0 saturated heterocycles. The second kappa shape index (κ2) is 4.95. The summed E-state index contributed by atoms with van der Waals surface area (Å²) < 4.78 is 46.1. The number of sulfonamides is 1. The van der Waals surface area contributed by atoms with Gasteiger partial charge in [-0.25, -0.2) is 17.6 Å². The minimum Gasteiger partial charge on any atom is -0.408 e. The monoisotopic (exact) mass is 362 g/mol. The summed E-state index contributed by atoms with van der Waals surface area (Å²) in [5.74, 6) is -1.15. The zero-order valence-electron chi connectivity index (χ0n) is 13.5. The Bertz CT molecular complexity index is 1160. The molecule has 25 heavy (non-hydrogen) atoms. The Kier molecular flexibility index (Phi) is 3.15. The summed E-state index contributed by atoms with van der Waals surface area (Å²) in [5.41, 5.74) is 1.24. The van der Waals surface area contributed by atoms with E-state index >= 15 is 0 Å². The summed E-state index contributed by atoms with van der Waals surface area (Å²) in [6.45, 7) is 4.03. The van der Waals surface area contributed by atoms with Gasteiger partial charge < -0.3 is 4.42 Å². The lowest BCUT2D eigenvalue weighted by atomic mass is 9.87. The van der Waals surface area contributed by atoms with Crippen molar-refractivity contribution in [1.29, 1.82) is 0 Å². The van der Waals surface area contributed by atoms with Gasteiger partial charge in [0.15, 0.2) is 5.58 Å². The Morgan fingerprint density at radius 2 is 1.96 bits per heavy atom. The summed E-state index contributed by atoms with van der Waals surface area (Å²) in [5, 5.41) is 0. The number of aromatic nitrogens is 1. The molecular weight excluding hydrogens is 347 g/mol. The Hall–Kier alpha value is -2.61. The predicted octanol–water partition coefficient (Wildman–Crippen LogP) is 2.75. The van der Waals surface area contributed by atoms with Gasteiger partial charge in [-0.05, 0) is 35.9 Å². The van der Waals surface area contributed by atoms with Crippen LogP contribution >= 0.6 is 0 Å². The van der Waals surface area contributed by atoms with Crippen molar-refractivity contribution in [3.05, 3.63) is 58.3 Å². The van der Waals surface area contributed by atoms with E-state index in [1.165, 1.54) is 34.6 Å². The highest BCUT2D eigenvalue weighted by molar-refractivity contribution is 7.92. The summed E-state index contributed by atoms with van der Waals surface area (Å²) >= 11 is 0. The van der Waals surface area contributed by atoms with Gasteiger partial charge in [-0.1, -0.05) is 19.9 Å². The first-order valence-electron chi connectivity index (χ1n) is 7.64. The highest BCUT2D eigenvalue weighted by Gasteiger charge is 2.41. The maximum atomic E-state index is 13.7. The van der Waals surface area contributed by atoms with E-state index in [-0.39, 0.29) is 17.0 Å². The van der Waals surface area contributed by atoms with Crippen LogP contribution in [0.15, 0.2) is 50.5 Å². The molecule has 4 rings (SSSR count). The number of oxazole rings is 1. The lowest BCUT2D eigenvalue weighted by Gasteiger charge is -2.22. The Labute approximate surface area is 142 Å². The Balaban J connectivity index is 1.88. The van der Waals surface area contributed by atoms with Crippen LogP contribution in [0.2, 0.25) is 0 Å². The molecule has 3 aromatic rings. The van der Waals surface area contributed by atoms with Crippen molar-refractivity contribution in [2.45, 2.75) is 24.2 Å². The molecule has 2 heterocycles. The number of nitrogens with zero attached hydrogens (tertiary/aromatic N) is 1. The van der Waals surface area contributed by atoms with Gasteiger partial charge in [-0.2, -0.15) is 0 Å². The first kappa shape index (κ1) is 15.9. The number of H-pyrrole nitrogens is 1. The average Bonchev–Trinajstić information content (AvgIpc) is 3.03. The zero-order valence-corrected chi connectivity index (χ0v) is 14.4. The van der Waals surface area contributed by atoms with Crippen molar-refractivity contribution in [2.75, 3.05) is 10.8 Å². The van der Waals surface area contributed by atoms with Crippen LogP contribution in [0.25, 0.3) is 11.1 Å². The molecule has 6 nitrogen and oxygen atoms in total. The van der Waals surface area contributed by atoms with Crippen LogP contribution in [0.3, 0.4) is 0 Å². The van der Waals surface area contributed by atoms with Crippen molar-refractivity contribution < 1.29 is 17.2 Å².